The van der Waals surface area contributed by atoms with Crippen LogP contribution in [0.3, 0.4) is 0 Å². The number of esters is 1. The van der Waals surface area contributed by atoms with Crippen LogP contribution < -0.4 is 0 Å². The van der Waals surface area contributed by atoms with Crippen molar-refractivity contribution in [3.63, 3.8) is 0 Å². The molecule has 1 heterocycles. The van der Waals surface area contributed by atoms with Gasteiger partial charge in [-0.05, 0) is 34.1 Å². The van der Waals surface area contributed by atoms with Crippen molar-refractivity contribution in [1.82, 2.24) is 4.90 Å². The van der Waals surface area contributed by atoms with Crippen molar-refractivity contribution in [2.45, 2.75) is 39.7 Å². The van der Waals surface area contributed by atoms with Crippen LogP contribution in [0.5, 0.6) is 0 Å². The highest BCUT2D eigenvalue weighted by atomic mass is 16.6. The molecular weight excluding hydrogens is 194 g/mol. The van der Waals surface area contributed by atoms with E-state index in [1.807, 2.05) is 0 Å². The van der Waals surface area contributed by atoms with Crippen molar-refractivity contribution in [3.05, 3.63) is 0 Å². The molecule has 15 heavy (non-hydrogen) atoms. The number of ether oxygens (including phenoxy) is 1. The Kier molecular flexibility index (Phi) is 2.81. The minimum atomic E-state index is -0.984. The van der Waals surface area contributed by atoms with E-state index in [1.165, 1.54) is 0 Å². The number of amides is 1. The lowest BCUT2D eigenvalue weighted by Gasteiger charge is -2.26. The molecule has 1 aliphatic heterocycles. The first kappa shape index (κ1) is 12.0. The Morgan fingerprint density at radius 3 is 2.33 bits per heavy atom. The second-order valence-electron chi connectivity index (χ2n) is 5.31. The molecule has 4 heteroatoms. The van der Waals surface area contributed by atoms with Crippen molar-refractivity contribution in [1.29, 1.82) is 0 Å². The molecule has 4 nitrogen and oxygen atoms in total. The molecule has 1 aliphatic rings. The van der Waals surface area contributed by atoms with Crippen LogP contribution in [-0.2, 0) is 14.3 Å². The highest BCUT2D eigenvalue weighted by molar-refractivity contribution is 6.03. The van der Waals surface area contributed by atoms with Gasteiger partial charge in [-0.3, -0.25) is 9.59 Å². The predicted octanol–water partition coefficient (Wildman–Crippen LogP) is 1.20. The van der Waals surface area contributed by atoms with Crippen molar-refractivity contribution >= 4 is 11.9 Å². The second kappa shape index (κ2) is 3.51. The van der Waals surface area contributed by atoms with Gasteiger partial charge in [0.2, 0.25) is 5.91 Å². The van der Waals surface area contributed by atoms with Crippen molar-refractivity contribution < 1.29 is 14.3 Å². The van der Waals surface area contributed by atoms with Gasteiger partial charge in [-0.25, -0.2) is 0 Å². The molecule has 1 fully saturated rings. The topological polar surface area (TPSA) is 46.6 Å². The number of carbonyl (C=O) groups excluding carboxylic acids is 2. The van der Waals surface area contributed by atoms with Gasteiger partial charge in [0.05, 0.1) is 0 Å². The van der Waals surface area contributed by atoms with Gasteiger partial charge in [0.1, 0.15) is 11.0 Å². The normalized spacial score (nSPS) is 27.0. The zero-order valence-electron chi connectivity index (χ0n) is 10.1. The fourth-order valence-electron chi connectivity index (χ4n) is 1.60. The summed E-state index contributed by atoms with van der Waals surface area (Å²) in [5, 5.41) is 0. The largest absolute Gasteiger partial charge is 0.459 e. The first-order valence-corrected chi connectivity index (χ1v) is 5.16. The van der Waals surface area contributed by atoms with E-state index >= 15 is 0 Å². The summed E-state index contributed by atoms with van der Waals surface area (Å²) in [6.45, 7) is 7.69. The van der Waals surface area contributed by atoms with E-state index in [4.69, 9.17) is 4.74 Å². The smallest absolute Gasteiger partial charge is 0.321 e. The first-order valence-electron chi connectivity index (χ1n) is 5.16. The standard InChI is InChI=1S/C11H19NO3/c1-10(2,3)15-9(14)11(4)6-7-12(5)8(11)13/h6-7H2,1-5H3. The zero-order valence-corrected chi connectivity index (χ0v) is 10.1. The molecule has 0 spiro atoms. The monoisotopic (exact) mass is 213 g/mol. The summed E-state index contributed by atoms with van der Waals surface area (Å²) in [5.74, 6) is -0.555. The third-order valence-corrected chi connectivity index (χ3v) is 2.62. The van der Waals surface area contributed by atoms with Gasteiger partial charge >= 0.3 is 5.97 Å². The Bertz CT molecular complexity index is 293. The Hall–Kier alpha value is -1.06. The third kappa shape index (κ3) is 2.30. The molecular formula is C11H19NO3. The average Bonchev–Trinajstić information content (AvgIpc) is 2.31. The molecule has 1 unspecified atom stereocenters. The van der Waals surface area contributed by atoms with E-state index < -0.39 is 17.0 Å². The SMILES string of the molecule is CN1CCC(C)(C(=O)OC(C)(C)C)C1=O. The quantitative estimate of drug-likeness (QED) is 0.485. The van der Waals surface area contributed by atoms with Gasteiger partial charge in [-0.15, -0.1) is 0 Å². The van der Waals surface area contributed by atoms with Crippen LogP contribution >= 0.6 is 0 Å². The lowest BCUT2D eigenvalue weighted by molar-refractivity contribution is -0.169. The molecule has 0 aromatic rings. The van der Waals surface area contributed by atoms with E-state index in [9.17, 15) is 9.59 Å². The molecule has 0 radical (unpaired) electrons. The Labute approximate surface area is 90.6 Å². The minimum absolute atomic E-state index is 0.142. The molecule has 0 aromatic heterocycles. The van der Waals surface area contributed by atoms with Crippen LogP contribution in [0.2, 0.25) is 0 Å². The Morgan fingerprint density at radius 2 is 2.00 bits per heavy atom. The van der Waals surface area contributed by atoms with Crippen molar-refractivity contribution in [2.75, 3.05) is 13.6 Å². The molecule has 1 saturated heterocycles. The highest BCUT2D eigenvalue weighted by Crippen LogP contribution is 2.33. The van der Waals surface area contributed by atoms with E-state index in [2.05, 4.69) is 0 Å². The summed E-state index contributed by atoms with van der Waals surface area (Å²) in [7, 11) is 1.71. The van der Waals surface area contributed by atoms with Crippen LogP contribution in [0, 0.1) is 5.41 Å². The molecule has 1 rings (SSSR count). The molecule has 0 saturated carbocycles. The minimum Gasteiger partial charge on any atom is -0.459 e. The third-order valence-electron chi connectivity index (χ3n) is 2.62. The predicted molar refractivity (Wildman–Crippen MR) is 56.2 cm³/mol. The second-order valence-corrected chi connectivity index (χ2v) is 5.31. The van der Waals surface area contributed by atoms with E-state index in [-0.39, 0.29) is 5.91 Å². The average molecular weight is 213 g/mol. The van der Waals surface area contributed by atoms with Crippen LogP contribution in [0.4, 0.5) is 0 Å². The highest BCUT2D eigenvalue weighted by Gasteiger charge is 2.49. The molecule has 0 aliphatic carbocycles. The molecule has 0 bridgehead atoms. The van der Waals surface area contributed by atoms with E-state index in [0.29, 0.717) is 13.0 Å². The number of hydrogen-bond acceptors (Lipinski definition) is 3. The van der Waals surface area contributed by atoms with Gasteiger partial charge in [-0.1, -0.05) is 0 Å². The summed E-state index contributed by atoms with van der Waals surface area (Å²) in [6.07, 6.45) is 0.539. The maximum absolute atomic E-state index is 11.9. The number of hydrogen-bond donors (Lipinski definition) is 0. The van der Waals surface area contributed by atoms with Crippen LogP contribution in [0.25, 0.3) is 0 Å². The van der Waals surface area contributed by atoms with Gasteiger partial charge in [0, 0.05) is 13.6 Å². The molecule has 1 amide bonds. The molecule has 1 atom stereocenters. The lowest BCUT2D eigenvalue weighted by atomic mass is 9.89. The summed E-state index contributed by atoms with van der Waals surface area (Å²) in [6, 6.07) is 0. The lowest BCUT2D eigenvalue weighted by Crippen LogP contribution is -2.41. The van der Waals surface area contributed by atoms with Crippen LogP contribution in [0.15, 0.2) is 0 Å². The summed E-state index contributed by atoms with van der Waals surface area (Å²) in [4.78, 5) is 25.2. The first-order chi connectivity index (χ1) is 6.67. The van der Waals surface area contributed by atoms with Crippen molar-refractivity contribution in [3.8, 4) is 0 Å². The van der Waals surface area contributed by atoms with Gasteiger partial charge < -0.3 is 9.64 Å². The number of nitrogens with zero attached hydrogens (tertiary/aromatic N) is 1. The number of carbonyl (C=O) groups is 2. The van der Waals surface area contributed by atoms with Crippen LogP contribution in [-0.4, -0.2) is 36.0 Å². The number of rotatable bonds is 1. The number of likely N-dealkylation sites (tertiary alicyclic amines) is 1. The molecule has 0 N–H and O–H groups in total. The van der Waals surface area contributed by atoms with Gasteiger partial charge in [0.15, 0.2) is 0 Å². The van der Waals surface area contributed by atoms with Crippen molar-refractivity contribution in [2.24, 2.45) is 5.41 Å². The summed E-state index contributed by atoms with van der Waals surface area (Å²) < 4.78 is 5.26. The zero-order chi connectivity index (χ0) is 11.9. The fraction of sp³-hybridized carbons (Fsp3) is 0.818. The Balaban J connectivity index is 2.80. The summed E-state index contributed by atoms with van der Waals surface area (Å²) in [5.41, 5.74) is -1.52. The van der Waals surface area contributed by atoms with Gasteiger partial charge in [0.25, 0.3) is 0 Å². The van der Waals surface area contributed by atoms with Gasteiger partial charge in [-0.2, -0.15) is 0 Å². The van der Waals surface area contributed by atoms with E-state index in [1.54, 1.807) is 39.6 Å². The van der Waals surface area contributed by atoms with E-state index in [0.717, 1.165) is 0 Å². The Morgan fingerprint density at radius 1 is 1.47 bits per heavy atom. The molecule has 86 valence electrons. The summed E-state index contributed by atoms with van der Waals surface area (Å²) >= 11 is 0. The maximum atomic E-state index is 11.9. The fourth-order valence-corrected chi connectivity index (χ4v) is 1.60. The van der Waals surface area contributed by atoms with Crippen LogP contribution in [0.1, 0.15) is 34.1 Å². The maximum Gasteiger partial charge on any atom is 0.321 e. The molecule has 0 aromatic carbocycles.